The largest absolute Gasteiger partial charge is 0.397 e. The lowest BCUT2D eigenvalue weighted by Crippen LogP contribution is -2.37. The highest BCUT2D eigenvalue weighted by molar-refractivity contribution is 5.97. The number of rotatable bonds is 4. The molecule has 0 aliphatic carbocycles. The first-order chi connectivity index (χ1) is 7.57. The summed E-state index contributed by atoms with van der Waals surface area (Å²) in [6.07, 6.45) is 3.26. The van der Waals surface area contributed by atoms with Crippen LogP contribution in [0.15, 0.2) is 31.0 Å². The molecule has 1 heterocycles. The van der Waals surface area contributed by atoms with Crippen molar-refractivity contribution in [3.8, 4) is 0 Å². The summed E-state index contributed by atoms with van der Waals surface area (Å²) < 4.78 is 0. The van der Waals surface area contributed by atoms with Crippen LogP contribution in [0.25, 0.3) is 0 Å². The second kappa shape index (κ2) is 5.30. The summed E-state index contributed by atoms with van der Waals surface area (Å²) in [6.45, 7) is 8.02. The minimum atomic E-state index is -0.159. The van der Waals surface area contributed by atoms with Crippen molar-refractivity contribution >= 4 is 11.6 Å². The average molecular weight is 219 g/mol. The van der Waals surface area contributed by atoms with Crippen molar-refractivity contribution in [3.63, 3.8) is 0 Å². The zero-order chi connectivity index (χ0) is 12.1. The number of anilines is 1. The first kappa shape index (κ1) is 12.2. The predicted molar refractivity (Wildman–Crippen MR) is 65.0 cm³/mol. The maximum Gasteiger partial charge on any atom is 0.275 e. The quantitative estimate of drug-likeness (QED) is 0.784. The van der Waals surface area contributed by atoms with E-state index in [0.717, 1.165) is 0 Å². The van der Waals surface area contributed by atoms with Gasteiger partial charge in [-0.25, -0.2) is 4.98 Å². The molecular formula is C12H17N3O. The molecule has 86 valence electrons. The van der Waals surface area contributed by atoms with Crippen LogP contribution >= 0.6 is 0 Å². The summed E-state index contributed by atoms with van der Waals surface area (Å²) in [6, 6.07) is 3.47. The molecule has 4 heteroatoms. The molecule has 0 saturated heterocycles. The van der Waals surface area contributed by atoms with E-state index in [1.54, 1.807) is 29.3 Å². The third-order valence-corrected chi connectivity index (χ3v) is 2.25. The highest BCUT2D eigenvalue weighted by Crippen LogP contribution is 2.12. The Labute approximate surface area is 95.8 Å². The molecule has 0 saturated carbocycles. The Kier molecular flexibility index (Phi) is 4.05. The number of hydrogen-bond donors (Lipinski definition) is 1. The second-order valence-electron chi connectivity index (χ2n) is 3.78. The number of carbonyl (C=O) groups is 1. The Hall–Kier alpha value is -1.84. The molecule has 2 N–H and O–H groups in total. The topological polar surface area (TPSA) is 59.2 Å². The van der Waals surface area contributed by atoms with E-state index in [9.17, 15) is 4.79 Å². The van der Waals surface area contributed by atoms with Crippen molar-refractivity contribution in [3.05, 3.63) is 36.7 Å². The Morgan fingerprint density at radius 1 is 1.69 bits per heavy atom. The van der Waals surface area contributed by atoms with Crippen molar-refractivity contribution in [1.29, 1.82) is 0 Å². The van der Waals surface area contributed by atoms with Crippen LogP contribution in [0.4, 0.5) is 5.69 Å². The fourth-order valence-electron chi connectivity index (χ4n) is 1.40. The van der Waals surface area contributed by atoms with E-state index in [1.807, 2.05) is 13.8 Å². The number of nitrogens with zero attached hydrogens (tertiary/aromatic N) is 2. The summed E-state index contributed by atoms with van der Waals surface area (Å²) in [5, 5.41) is 0. The van der Waals surface area contributed by atoms with Gasteiger partial charge < -0.3 is 10.6 Å². The fraction of sp³-hybridized carbons (Fsp3) is 0.333. The summed E-state index contributed by atoms with van der Waals surface area (Å²) in [5.74, 6) is -0.159. The number of amides is 1. The number of hydrogen-bond acceptors (Lipinski definition) is 3. The first-order valence-corrected chi connectivity index (χ1v) is 5.20. The van der Waals surface area contributed by atoms with Crippen LogP contribution in [0.5, 0.6) is 0 Å². The summed E-state index contributed by atoms with van der Waals surface area (Å²) >= 11 is 0. The van der Waals surface area contributed by atoms with Gasteiger partial charge in [0.15, 0.2) is 5.69 Å². The molecule has 0 unspecified atom stereocenters. The van der Waals surface area contributed by atoms with Crippen molar-refractivity contribution in [2.24, 2.45) is 0 Å². The first-order valence-electron chi connectivity index (χ1n) is 5.20. The number of carbonyl (C=O) groups excluding carboxylic acids is 1. The Morgan fingerprint density at radius 2 is 2.38 bits per heavy atom. The van der Waals surface area contributed by atoms with Crippen LogP contribution in [0.2, 0.25) is 0 Å². The molecular weight excluding hydrogens is 202 g/mol. The standard InChI is InChI=1S/C12H17N3O/c1-4-8-15(9(2)3)12(16)11-10(13)6-5-7-14-11/h4-7,9H,1,8,13H2,2-3H3. The van der Waals surface area contributed by atoms with Gasteiger partial charge in [0.05, 0.1) is 5.69 Å². The maximum absolute atomic E-state index is 12.1. The van der Waals surface area contributed by atoms with Crippen molar-refractivity contribution in [2.45, 2.75) is 19.9 Å². The third-order valence-electron chi connectivity index (χ3n) is 2.25. The number of aromatic nitrogens is 1. The molecule has 1 aromatic rings. The molecule has 1 amide bonds. The molecule has 0 radical (unpaired) electrons. The molecule has 0 spiro atoms. The van der Waals surface area contributed by atoms with E-state index in [2.05, 4.69) is 11.6 Å². The lowest BCUT2D eigenvalue weighted by atomic mass is 10.2. The molecule has 16 heavy (non-hydrogen) atoms. The van der Waals surface area contributed by atoms with Gasteiger partial charge in [-0.1, -0.05) is 6.08 Å². The van der Waals surface area contributed by atoms with Crippen LogP contribution < -0.4 is 5.73 Å². The van der Waals surface area contributed by atoms with E-state index in [0.29, 0.717) is 17.9 Å². The van der Waals surface area contributed by atoms with Crippen LogP contribution in [0.1, 0.15) is 24.3 Å². The molecule has 0 atom stereocenters. The third kappa shape index (κ3) is 2.59. The highest BCUT2D eigenvalue weighted by atomic mass is 16.2. The average Bonchev–Trinajstić information content (AvgIpc) is 2.25. The van der Waals surface area contributed by atoms with Gasteiger partial charge in [-0.15, -0.1) is 6.58 Å². The van der Waals surface area contributed by atoms with Crippen molar-refractivity contribution in [2.75, 3.05) is 12.3 Å². The Bertz CT molecular complexity index is 388. The van der Waals surface area contributed by atoms with E-state index >= 15 is 0 Å². The van der Waals surface area contributed by atoms with Crippen LogP contribution in [-0.2, 0) is 0 Å². The predicted octanol–water partition coefficient (Wildman–Crippen LogP) is 1.70. The van der Waals surface area contributed by atoms with Gasteiger partial charge in [-0.05, 0) is 26.0 Å². The number of pyridine rings is 1. The van der Waals surface area contributed by atoms with Gasteiger partial charge in [-0.3, -0.25) is 4.79 Å². The van der Waals surface area contributed by atoms with Gasteiger partial charge in [0.25, 0.3) is 5.91 Å². The molecule has 1 rings (SSSR count). The SMILES string of the molecule is C=CCN(C(=O)c1ncccc1N)C(C)C. The lowest BCUT2D eigenvalue weighted by molar-refractivity contribution is 0.0724. The molecule has 4 nitrogen and oxygen atoms in total. The highest BCUT2D eigenvalue weighted by Gasteiger charge is 2.20. The van der Waals surface area contributed by atoms with Gasteiger partial charge in [0.1, 0.15) is 0 Å². The van der Waals surface area contributed by atoms with Gasteiger partial charge in [0, 0.05) is 18.8 Å². The molecule has 0 aliphatic heterocycles. The minimum Gasteiger partial charge on any atom is -0.397 e. The van der Waals surface area contributed by atoms with Crippen LogP contribution in [0.3, 0.4) is 0 Å². The summed E-state index contributed by atoms with van der Waals surface area (Å²) in [4.78, 5) is 17.8. The van der Waals surface area contributed by atoms with Gasteiger partial charge >= 0.3 is 0 Å². The molecule has 0 aromatic carbocycles. The Morgan fingerprint density at radius 3 is 2.88 bits per heavy atom. The van der Waals surface area contributed by atoms with Crippen molar-refractivity contribution < 1.29 is 4.79 Å². The van der Waals surface area contributed by atoms with E-state index in [-0.39, 0.29) is 11.9 Å². The van der Waals surface area contributed by atoms with E-state index < -0.39 is 0 Å². The molecule has 1 aromatic heterocycles. The summed E-state index contributed by atoms with van der Waals surface area (Å²) in [5.41, 5.74) is 6.43. The normalized spacial score (nSPS) is 10.2. The van der Waals surface area contributed by atoms with Gasteiger partial charge in [0.2, 0.25) is 0 Å². The molecule has 0 fully saturated rings. The second-order valence-corrected chi connectivity index (χ2v) is 3.78. The molecule has 0 bridgehead atoms. The van der Waals surface area contributed by atoms with E-state index in [1.165, 1.54) is 0 Å². The van der Waals surface area contributed by atoms with Crippen molar-refractivity contribution in [1.82, 2.24) is 9.88 Å². The lowest BCUT2D eigenvalue weighted by Gasteiger charge is -2.25. The Balaban J connectivity index is 2.99. The zero-order valence-electron chi connectivity index (χ0n) is 9.68. The number of nitrogens with two attached hydrogens (primary N) is 1. The van der Waals surface area contributed by atoms with Crippen LogP contribution in [0, 0.1) is 0 Å². The smallest absolute Gasteiger partial charge is 0.275 e. The number of nitrogen functional groups attached to an aromatic ring is 1. The molecule has 0 aliphatic rings. The zero-order valence-corrected chi connectivity index (χ0v) is 9.68. The monoisotopic (exact) mass is 219 g/mol. The van der Waals surface area contributed by atoms with Gasteiger partial charge in [-0.2, -0.15) is 0 Å². The maximum atomic E-state index is 12.1. The van der Waals surface area contributed by atoms with E-state index in [4.69, 9.17) is 5.73 Å². The van der Waals surface area contributed by atoms with Crippen LogP contribution in [-0.4, -0.2) is 28.4 Å². The fourth-order valence-corrected chi connectivity index (χ4v) is 1.40. The summed E-state index contributed by atoms with van der Waals surface area (Å²) in [7, 11) is 0. The minimum absolute atomic E-state index is 0.0897.